The lowest BCUT2D eigenvalue weighted by Crippen LogP contribution is -2.49. The number of carbonyl (C=O) groups is 1. The van der Waals surface area contributed by atoms with Crippen molar-refractivity contribution in [2.24, 2.45) is 0 Å². The minimum absolute atomic E-state index is 0.128. The summed E-state index contributed by atoms with van der Waals surface area (Å²) in [6.45, 7) is 2.23. The van der Waals surface area contributed by atoms with E-state index in [1.807, 2.05) is 9.80 Å². The molecule has 0 saturated carbocycles. The Morgan fingerprint density at radius 3 is 2.30 bits per heavy atom. The molecule has 0 aromatic heterocycles. The molecule has 8 heteroatoms. The standard InChI is InChI=1S/C22H24FN3O3S/c23-19-5-1-2-6-20(19)24-10-12-25(13-11-24)30(28,29)18-14-16-4-3-9-26-21(27)8-7-17(15-18)22(16)26/h1-2,5-6,14-15H,3-4,7-13H2. The number of aryl methyl sites for hydroxylation is 2. The summed E-state index contributed by atoms with van der Waals surface area (Å²) in [7, 11) is -3.64. The van der Waals surface area contributed by atoms with Gasteiger partial charge in [-0.3, -0.25) is 4.79 Å². The van der Waals surface area contributed by atoms with Gasteiger partial charge >= 0.3 is 0 Å². The van der Waals surface area contributed by atoms with E-state index in [4.69, 9.17) is 0 Å². The fourth-order valence-electron chi connectivity index (χ4n) is 4.80. The number of sulfonamides is 1. The molecule has 5 rings (SSSR count). The number of amides is 1. The topological polar surface area (TPSA) is 60.9 Å². The minimum atomic E-state index is -3.64. The maximum atomic E-state index is 14.1. The third kappa shape index (κ3) is 3.18. The summed E-state index contributed by atoms with van der Waals surface area (Å²) in [4.78, 5) is 16.3. The smallest absolute Gasteiger partial charge is 0.243 e. The maximum absolute atomic E-state index is 14.1. The van der Waals surface area contributed by atoms with Crippen LogP contribution in [0.3, 0.4) is 0 Å². The van der Waals surface area contributed by atoms with E-state index in [-0.39, 0.29) is 11.7 Å². The van der Waals surface area contributed by atoms with Crippen molar-refractivity contribution in [1.29, 1.82) is 0 Å². The molecule has 30 heavy (non-hydrogen) atoms. The predicted molar refractivity (Wildman–Crippen MR) is 113 cm³/mol. The Morgan fingerprint density at radius 2 is 1.57 bits per heavy atom. The highest BCUT2D eigenvalue weighted by Gasteiger charge is 2.34. The Morgan fingerprint density at radius 1 is 0.867 bits per heavy atom. The van der Waals surface area contributed by atoms with Gasteiger partial charge in [0.1, 0.15) is 5.82 Å². The van der Waals surface area contributed by atoms with E-state index in [9.17, 15) is 17.6 Å². The third-order valence-electron chi connectivity index (χ3n) is 6.32. The Labute approximate surface area is 175 Å². The van der Waals surface area contributed by atoms with Gasteiger partial charge in [-0.1, -0.05) is 12.1 Å². The van der Waals surface area contributed by atoms with E-state index >= 15 is 0 Å². The number of carbonyl (C=O) groups excluding carboxylic acids is 1. The lowest BCUT2D eigenvalue weighted by molar-refractivity contribution is -0.119. The van der Waals surface area contributed by atoms with Crippen molar-refractivity contribution >= 4 is 27.3 Å². The normalized spacial score (nSPS) is 19.7. The van der Waals surface area contributed by atoms with Gasteiger partial charge in [0.15, 0.2) is 0 Å². The fourth-order valence-corrected chi connectivity index (χ4v) is 6.32. The predicted octanol–water partition coefficient (Wildman–Crippen LogP) is 2.56. The summed E-state index contributed by atoms with van der Waals surface area (Å²) < 4.78 is 42.3. The molecule has 0 atom stereocenters. The van der Waals surface area contributed by atoms with Crippen LogP contribution < -0.4 is 9.80 Å². The number of piperazine rings is 1. The summed E-state index contributed by atoms with van der Waals surface area (Å²) in [5, 5.41) is 0. The maximum Gasteiger partial charge on any atom is 0.243 e. The van der Waals surface area contributed by atoms with Gasteiger partial charge < -0.3 is 9.80 Å². The first-order valence-electron chi connectivity index (χ1n) is 10.4. The minimum Gasteiger partial charge on any atom is -0.367 e. The molecule has 0 radical (unpaired) electrons. The van der Waals surface area contributed by atoms with Crippen LogP contribution in [0.5, 0.6) is 0 Å². The number of anilines is 2. The van der Waals surface area contributed by atoms with Crippen LogP contribution in [-0.2, 0) is 27.7 Å². The van der Waals surface area contributed by atoms with Gasteiger partial charge in [0.05, 0.1) is 16.3 Å². The average molecular weight is 430 g/mol. The van der Waals surface area contributed by atoms with Crippen molar-refractivity contribution in [3.63, 3.8) is 0 Å². The zero-order valence-corrected chi connectivity index (χ0v) is 17.5. The first-order valence-corrected chi connectivity index (χ1v) is 11.8. The lowest BCUT2D eigenvalue weighted by Gasteiger charge is -2.37. The summed E-state index contributed by atoms with van der Waals surface area (Å²) in [5.41, 5.74) is 3.35. The summed E-state index contributed by atoms with van der Waals surface area (Å²) in [5.74, 6) is -0.162. The Kier molecular flexibility index (Phi) is 4.78. The molecule has 0 unspecified atom stereocenters. The summed E-state index contributed by atoms with van der Waals surface area (Å²) >= 11 is 0. The van der Waals surface area contributed by atoms with Crippen molar-refractivity contribution < 1.29 is 17.6 Å². The van der Waals surface area contributed by atoms with Gasteiger partial charge in [-0.2, -0.15) is 4.31 Å². The van der Waals surface area contributed by atoms with Crippen molar-refractivity contribution in [2.75, 3.05) is 42.5 Å². The highest BCUT2D eigenvalue weighted by atomic mass is 32.2. The van der Waals surface area contributed by atoms with Gasteiger partial charge in [-0.05, 0) is 54.7 Å². The molecular weight excluding hydrogens is 405 g/mol. The van der Waals surface area contributed by atoms with E-state index < -0.39 is 10.0 Å². The number of para-hydroxylation sites is 1. The number of hydrogen-bond acceptors (Lipinski definition) is 4. The van der Waals surface area contributed by atoms with E-state index in [0.717, 1.165) is 29.7 Å². The van der Waals surface area contributed by atoms with Crippen LogP contribution in [-0.4, -0.2) is 51.4 Å². The van der Waals surface area contributed by atoms with Crippen LogP contribution in [0.25, 0.3) is 0 Å². The third-order valence-corrected chi connectivity index (χ3v) is 8.19. The number of halogens is 1. The number of nitrogens with zero attached hydrogens (tertiary/aromatic N) is 3. The SMILES string of the molecule is O=C1CCc2cc(S(=O)(=O)N3CCN(c4ccccc4F)CC3)cc3c2N1CCC3. The second-order valence-corrected chi connectivity index (χ2v) is 10.0. The monoisotopic (exact) mass is 429 g/mol. The van der Waals surface area contributed by atoms with Crippen LogP contribution in [0.4, 0.5) is 15.8 Å². The molecule has 0 spiro atoms. The van der Waals surface area contributed by atoms with E-state index in [1.165, 1.54) is 10.4 Å². The first-order chi connectivity index (χ1) is 14.4. The lowest BCUT2D eigenvalue weighted by atomic mass is 9.92. The molecule has 1 fully saturated rings. The number of rotatable bonds is 3. The Bertz CT molecular complexity index is 1090. The molecule has 3 heterocycles. The molecule has 0 aliphatic carbocycles. The molecule has 3 aliphatic rings. The Hall–Kier alpha value is -2.45. The van der Waals surface area contributed by atoms with Gasteiger partial charge in [0.25, 0.3) is 0 Å². The zero-order valence-electron chi connectivity index (χ0n) is 16.7. The molecule has 0 N–H and O–H groups in total. The number of benzene rings is 2. The van der Waals surface area contributed by atoms with Gasteiger partial charge in [0, 0.05) is 39.1 Å². The van der Waals surface area contributed by atoms with Crippen molar-refractivity contribution in [1.82, 2.24) is 4.31 Å². The molecule has 6 nitrogen and oxygen atoms in total. The molecule has 3 aliphatic heterocycles. The van der Waals surface area contributed by atoms with E-state index in [0.29, 0.717) is 56.1 Å². The zero-order chi connectivity index (χ0) is 20.9. The fraction of sp³-hybridized carbons (Fsp3) is 0.409. The molecule has 2 aromatic rings. The highest BCUT2D eigenvalue weighted by Crippen LogP contribution is 2.38. The molecule has 0 bridgehead atoms. The second kappa shape index (κ2) is 7.35. The number of hydrogen-bond donors (Lipinski definition) is 0. The van der Waals surface area contributed by atoms with Crippen molar-refractivity contribution in [2.45, 2.75) is 30.6 Å². The van der Waals surface area contributed by atoms with Gasteiger partial charge in [-0.15, -0.1) is 0 Å². The summed E-state index contributed by atoms with van der Waals surface area (Å²) in [6.07, 6.45) is 2.65. The Balaban J connectivity index is 1.40. The van der Waals surface area contributed by atoms with Crippen LogP contribution in [0.2, 0.25) is 0 Å². The van der Waals surface area contributed by atoms with Crippen LogP contribution in [0, 0.1) is 5.82 Å². The molecular formula is C22H24FN3O3S. The highest BCUT2D eigenvalue weighted by molar-refractivity contribution is 7.89. The van der Waals surface area contributed by atoms with Crippen LogP contribution in [0.15, 0.2) is 41.3 Å². The largest absolute Gasteiger partial charge is 0.367 e. The van der Waals surface area contributed by atoms with E-state index in [1.54, 1.807) is 30.3 Å². The van der Waals surface area contributed by atoms with Crippen molar-refractivity contribution in [3.05, 3.63) is 53.3 Å². The van der Waals surface area contributed by atoms with Gasteiger partial charge in [-0.25, -0.2) is 12.8 Å². The average Bonchev–Trinajstić information content (AvgIpc) is 2.76. The van der Waals surface area contributed by atoms with Gasteiger partial charge in [0.2, 0.25) is 15.9 Å². The molecule has 1 amide bonds. The first kappa shape index (κ1) is 19.5. The van der Waals surface area contributed by atoms with Crippen LogP contribution >= 0.6 is 0 Å². The summed E-state index contributed by atoms with van der Waals surface area (Å²) in [6, 6.07) is 10.1. The van der Waals surface area contributed by atoms with Crippen molar-refractivity contribution in [3.8, 4) is 0 Å². The second-order valence-electron chi connectivity index (χ2n) is 8.08. The van der Waals surface area contributed by atoms with E-state index in [2.05, 4.69) is 0 Å². The molecule has 2 aromatic carbocycles. The van der Waals surface area contributed by atoms with Crippen LogP contribution in [0.1, 0.15) is 24.0 Å². The quantitative estimate of drug-likeness (QED) is 0.753. The molecule has 1 saturated heterocycles. The molecule has 158 valence electrons.